The van der Waals surface area contributed by atoms with E-state index < -0.39 is 0 Å². The van der Waals surface area contributed by atoms with Gasteiger partial charge in [0.05, 0.1) is 3.39 Å². The summed E-state index contributed by atoms with van der Waals surface area (Å²) in [5, 5.41) is 0. The van der Waals surface area contributed by atoms with Crippen molar-refractivity contribution in [3.8, 4) is 0 Å². The van der Waals surface area contributed by atoms with E-state index in [0.717, 1.165) is 26.0 Å². The summed E-state index contributed by atoms with van der Waals surface area (Å²) in [6.45, 7) is 0. The molecule has 0 aliphatic carbocycles. The van der Waals surface area contributed by atoms with Crippen LogP contribution in [0.1, 0.15) is 5.56 Å². The molecular formula is C20H15Br2N. The molecule has 0 aromatic heterocycles. The summed E-state index contributed by atoms with van der Waals surface area (Å²) in [6, 6.07) is 29.3. The number of nitrogens with zero attached hydrogens (tertiary/aromatic N) is 1. The van der Waals surface area contributed by atoms with E-state index in [0.29, 0.717) is 0 Å². The molecule has 3 rings (SSSR count). The maximum Gasteiger partial charge on any atom is 0.0610 e. The third-order valence-corrected chi connectivity index (χ3v) is 3.91. The fourth-order valence-corrected chi connectivity index (χ4v) is 2.98. The third kappa shape index (κ3) is 4.12. The zero-order valence-corrected chi connectivity index (χ0v) is 15.5. The zero-order valence-electron chi connectivity index (χ0n) is 12.4. The first-order valence-corrected chi connectivity index (χ1v) is 8.85. The molecule has 0 saturated carbocycles. The van der Waals surface area contributed by atoms with E-state index in [-0.39, 0.29) is 0 Å². The maximum absolute atomic E-state index is 3.40. The van der Waals surface area contributed by atoms with Crippen molar-refractivity contribution in [2.24, 2.45) is 0 Å². The van der Waals surface area contributed by atoms with Gasteiger partial charge in [-0.05, 0) is 79.9 Å². The van der Waals surface area contributed by atoms with Crippen LogP contribution in [0.3, 0.4) is 0 Å². The Bertz CT molecular complexity index is 737. The highest BCUT2D eigenvalue weighted by atomic mass is 79.9. The van der Waals surface area contributed by atoms with E-state index in [9.17, 15) is 0 Å². The minimum absolute atomic E-state index is 0.931. The second-order valence-electron chi connectivity index (χ2n) is 5.03. The SMILES string of the molecule is BrC(Br)=Cc1ccc(N(c2ccccc2)c2ccccc2)cc1. The van der Waals surface area contributed by atoms with E-state index in [4.69, 9.17) is 0 Å². The number of hydrogen-bond donors (Lipinski definition) is 0. The number of rotatable bonds is 4. The summed E-state index contributed by atoms with van der Waals surface area (Å²) >= 11 is 6.80. The van der Waals surface area contributed by atoms with Gasteiger partial charge in [-0.25, -0.2) is 0 Å². The quantitative estimate of drug-likeness (QED) is 0.423. The highest BCUT2D eigenvalue weighted by Gasteiger charge is 2.11. The second kappa shape index (κ2) is 7.62. The topological polar surface area (TPSA) is 3.24 Å². The van der Waals surface area contributed by atoms with Crippen LogP contribution in [-0.2, 0) is 0 Å². The van der Waals surface area contributed by atoms with Gasteiger partial charge in [0.15, 0.2) is 0 Å². The van der Waals surface area contributed by atoms with Gasteiger partial charge in [-0.1, -0.05) is 48.5 Å². The number of benzene rings is 3. The molecule has 0 radical (unpaired) electrons. The first-order valence-electron chi connectivity index (χ1n) is 7.27. The average molecular weight is 429 g/mol. The van der Waals surface area contributed by atoms with Gasteiger partial charge in [-0.2, -0.15) is 0 Å². The Balaban J connectivity index is 2.04. The smallest absolute Gasteiger partial charge is 0.0610 e. The van der Waals surface area contributed by atoms with Gasteiger partial charge in [-0.3, -0.25) is 0 Å². The Labute approximate surface area is 153 Å². The van der Waals surface area contributed by atoms with Crippen LogP contribution in [0.2, 0.25) is 0 Å². The fraction of sp³-hybridized carbons (Fsp3) is 0. The zero-order chi connectivity index (χ0) is 16.1. The summed E-state index contributed by atoms with van der Waals surface area (Å²) in [5.41, 5.74) is 4.55. The molecule has 0 aliphatic rings. The monoisotopic (exact) mass is 427 g/mol. The third-order valence-electron chi connectivity index (χ3n) is 3.46. The molecule has 23 heavy (non-hydrogen) atoms. The molecule has 0 saturated heterocycles. The Morgan fingerprint density at radius 2 is 1.04 bits per heavy atom. The second-order valence-corrected chi connectivity index (χ2v) is 7.80. The van der Waals surface area contributed by atoms with E-state index in [2.05, 4.69) is 110 Å². The predicted octanol–water partition coefficient (Wildman–Crippen LogP) is 7.24. The van der Waals surface area contributed by atoms with Crippen LogP contribution >= 0.6 is 31.9 Å². The van der Waals surface area contributed by atoms with E-state index in [1.165, 1.54) is 0 Å². The fourth-order valence-electron chi connectivity index (χ4n) is 2.45. The van der Waals surface area contributed by atoms with Crippen LogP contribution in [0.4, 0.5) is 17.1 Å². The van der Waals surface area contributed by atoms with Gasteiger partial charge in [0, 0.05) is 17.1 Å². The first kappa shape index (κ1) is 16.0. The largest absolute Gasteiger partial charge is 0.311 e. The molecule has 0 amide bonds. The van der Waals surface area contributed by atoms with Crippen LogP contribution < -0.4 is 4.90 Å². The van der Waals surface area contributed by atoms with Crippen LogP contribution in [0, 0.1) is 0 Å². The predicted molar refractivity (Wildman–Crippen MR) is 107 cm³/mol. The van der Waals surface area contributed by atoms with Crippen molar-refractivity contribution >= 4 is 55.0 Å². The molecule has 0 bridgehead atoms. The molecule has 0 heterocycles. The molecule has 1 nitrogen and oxygen atoms in total. The standard InChI is InChI=1S/C20H15Br2N/c21-20(22)15-16-11-13-19(14-12-16)23(17-7-3-1-4-8-17)18-9-5-2-6-10-18/h1-15H. The van der Waals surface area contributed by atoms with Crippen molar-refractivity contribution in [1.82, 2.24) is 0 Å². The van der Waals surface area contributed by atoms with Gasteiger partial charge in [0.1, 0.15) is 0 Å². The van der Waals surface area contributed by atoms with Gasteiger partial charge in [0.2, 0.25) is 0 Å². The Kier molecular flexibility index (Phi) is 5.31. The average Bonchev–Trinajstić information content (AvgIpc) is 2.58. The minimum atomic E-state index is 0.931. The molecule has 3 heteroatoms. The summed E-state index contributed by atoms with van der Waals surface area (Å²) in [7, 11) is 0. The number of hydrogen-bond acceptors (Lipinski definition) is 1. The maximum atomic E-state index is 3.40. The molecule has 0 unspecified atom stereocenters. The van der Waals surface area contributed by atoms with Crippen LogP contribution in [0.15, 0.2) is 88.3 Å². The Hall–Kier alpha value is -1.84. The van der Waals surface area contributed by atoms with E-state index >= 15 is 0 Å². The van der Waals surface area contributed by atoms with E-state index in [1.54, 1.807) is 0 Å². The van der Waals surface area contributed by atoms with Gasteiger partial charge in [0.25, 0.3) is 0 Å². The lowest BCUT2D eigenvalue weighted by Crippen LogP contribution is -2.09. The molecule has 114 valence electrons. The summed E-state index contributed by atoms with van der Waals surface area (Å²) in [6.07, 6.45) is 2.03. The molecule has 0 atom stereocenters. The summed E-state index contributed by atoms with van der Waals surface area (Å²) < 4.78 is 0.931. The Morgan fingerprint density at radius 3 is 1.48 bits per heavy atom. The van der Waals surface area contributed by atoms with Crippen molar-refractivity contribution in [2.75, 3.05) is 4.90 Å². The summed E-state index contributed by atoms with van der Waals surface area (Å²) in [5.74, 6) is 0. The van der Waals surface area contributed by atoms with Gasteiger partial charge < -0.3 is 4.90 Å². The highest BCUT2D eigenvalue weighted by Crippen LogP contribution is 2.34. The first-order chi connectivity index (χ1) is 11.2. The molecule has 0 aliphatic heterocycles. The van der Waals surface area contributed by atoms with Crippen molar-refractivity contribution in [3.63, 3.8) is 0 Å². The minimum Gasteiger partial charge on any atom is -0.311 e. The lowest BCUT2D eigenvalue weighted by molar-refractivity contribution is 1.28. The Morgan fingerprint density at radius 1 is 0.609 bits per heavy atom. The van der Waals surface area contributed by atoms with Crippen LogP contribution in [0.5, 0.6) is 0 Å². The molecular weight excluding hydrogens is 414 g/mol. The molecule has 3 aromatic rings. The van der Waals surface area contributed by atoms with Crippen molar-refractivity contribution in [2.45, 2.75) is 0 Å². The lowest BCUT2D eigenvalue weighted by atomic mass is 10.1. The van der Waals surface area contributed by atoms with Crippen molar-refractivity contribution in [1.29, 1.82) is 0 Å². The molecule has 0 spiro atoms. The summed E-state index contributed by atoms with van der Waals surface area (Å²) in [4.78, 5) is 2.25. The van der Waals surface area contributed by atoms with Crippen LogP contribution in [-0.4, -0.2) is 0 Å². The van der Waals surface area contributed by atoms with Gasteiger partial charge >= 0.3 is 0 Å². The van der Waals surface area contributed by atoms with Gasteiger partial charge in [-0.15, -0.1) is 0 Å². The normalized spacial score (nSPS) is 10.2. The molecule has 0 N–H and O–H groups in total. The van der Waals surface area contributed by atoms with Crippen molar-refractivity contribution < 1.29 is 0 Å². The molecule has 0 fully saturated rings. The number of para-hydroxylation sites is 2. The van der Waals surface area contributed by atoms with Crippen LogP contribution in [0.25, 0.3) is 6.08 Å². The highest BCUT2D eigenvalue weighted by molar-refractivity contribution is 9.28. The lowest BCUT2D eigenvalue weighted by Gasteiger charge is -2.25. The number of halogens is 2. The molecule has 3 aromatic carbocycles. The number of anilines is 3. The van der Waals surface area contributed by atoms with Crippen molar-refractivity contribution in [3.05, 3.63) is 93.9 Å². The van der Waals surface area contributed by atoms with E-state index in [1.807, 2.05) is 18.2 Å².